The Morgan fingerprint density at radius 1 is 0.846 bits per heavy atom. The van der Waals surface area contributed by atoms with Gasteiger partial charge in [0.15, 0.2) is 0 Å². The van der Waals surface area contributed by atoms with Gasteiger partial charge in [-0.3, -0.25) is 0 Å². The average Bonchev–Trinajstić information content (AvgIpc) is 1.89. The lowest BCUT2D eigenvalue weighted by Crippen LogP contribution is -1.99. The van der Waals surface area contributed by atoms with Gasteiger partial charge in [-0.05, 0) is 27.1 Å². The van der Waals surface area contributed by atoms with Crippen LogP contribution in [0.15, 0.2) is 0 Å². The molecule has 0 rings (SSSR count). The fraction of sp³-hybridized carbons (Fsp3) is 1.00. The quantitative estimate of drug-likeness (QED) is 0.552. The molecule has 0 amide bonds. The maximum absolute atomic E-state index is 2.17. The lowest BCUT2D eigenvalue weighted by Gasteiger charge is -1.90. The van der Waals surface area contributed by atoms with E-state index in [0.717, 1.165) is 5.92 Å². The Kier molecular flexibility index (Phi) is 52.7. The van der Waals surface area contributed by atoms with Crippen LogP contribution in [-0.4, -0.2) is 26.0 Å². The Morgan fingerprint density at radius 2 is 0.846 bits per heavy atom. The van der Waals surface area contributed by atoms with Gasteiger partial charge in [0.25, 0.3) is 0 Å². The van der Waals surface area contributed by atoms with E-state index in [-0.39, 0.29) is 0 Å². The minimum absolute atomic E-state index is 0.833. The predicted octanol–water partition coefficient (Wildman–Crippen LogP) is 4.28. The van der Waals surface area contributed by atoms with E-state index in [0.29, 0.717) is 0 Å². The first-order valence-corrected chi connectivity index (χ1v) is 5.49. The highest BCUT2D eigenvalue weighted by Gasteiger charge is 1.68. The molecule has 0 fully saturated rings. The summed E-state index contributed by atoms with van der Waals surface area (Å²) >= 11 is 0. The van der Waals surface area contributed by atoms with Crippen LogP contribution in [0.4, 0.5) is 0 Å². The van der Waals surface area contributed by atoms with Gasteiger partial charge in [0.1, 0.15) is 0 Å². The molecule has 0 N–H and O–H groups in total. The fourth-order valence-corrected chi connectivity index (χ4v) is 0. The van der Waals surface area contributed by atoms with Gasteiger partial charge in [-0.25, -0.2) is 0 Å². The second-order valence-electron chi connectivity index (χ2n) is 3.78. The third kappa shape index (κ3) is 742000. The van der Waals surface area contributed by atoms with E-state index in [1.54, 1.807) is 0 Å². The molecule has 0 saturated heterocycles. The molecule has 0 bridgehead atoms. The second kappa shape index (κ2) is 29.7. The van der Waals surface area contributed by atoms with E-state index in [1.807, 2.05) is 39.9 Å². The Balaban J connectivity index is -0.0000000431. The number of nitrogens with zero attached hydrogens (tertiary/aromatic N) is 1. The monoisotopic (exact) mass is 191 g/mol. The topological polar surface area (TPSA) is 3.24 Å². The summed E-state index contributed by atoms with van der Waals surface area (Å²) in [5.41, 5.74) is 0. The van der Waals surface area contributed by atoms with Crippen LogP contribution in [0.5, 0.6) is 0 Å². The molecule has 0 aliphatic rings. The van der Waals surface area contributed by atoms with Crippen LogP contribution in [0.3, 0.4) is 0 Å². The van der Waals surface area contributed by atoms with E-state index in [9.17, 15) is 0 Å². The van der Waals surface area contributed by atoms with Crippen molar-refractivity contribution in [2.75, 3.05) is 21.1 Å². The third-order valence-electron chi connectivity index (χ3n) is 0. The lowest BCUT2D eigenvalue weighted by atomic mass is 10.3. The minimum Gasteiger partial charge on any atom is -0.312 e. The molecule has 0 heterocycles. The van der Waals surface area contributed by atoms with Crippen LogP contribution in [-0.2, 0) is 0 Å². The van der Waals surface area contributed by atoms with Crippen LogP contribution in [0, 0.1) is 5.92 Å². The molecule has 13 heavy (non-hydrogen) atoms. The zero-order chi connectivity index (χ0) is 11.9. The molecule has 86 valence electrons. The van der Waals surface area contributed by atoms with E-state index in [1.165, 1.54) is 6.42 Å². The average molecular weight is 191 g/mol. The first-order chi connectivity index (χ1) is 5.88. The number of hydrogen-bond donors (Lipinski definition) is 0. The van der Waals surface area contributed by atoms with E-state index in [4.69, 9.17) is 0 Å². The minimum atomic E-state index is 0.833. The summed E-state index contributed by atoms with van der Waals surface area (Å²) in [6, 6.07) is 0. The maximum Gasteiger partial charge on any atom is -0.0140 e. The summed E-state index contributed by atoms with van der Waals surface area (Å²) in [7, 11) is 6.00. The van der Waals surface area contributed by atoms with Crippen LogP contribution >= 0.6 is 0 Å². The number of rotatable bonds is 0. The van der Waals surface area contributed by atoms with Crippen LogP contribution in [0.2, 0.25) is 0 Å². The van der Waals surface area contributed by atoms with Gasteiger partial charge < -0.3 is 4.90 Å². The second-order valence-corrected chi connectivity index (χ2v) is 3.78. The van der Waals surface area contributed by atoms with Crippen molar-refractivity contribution in [2.24, 2.45) is 5.92 Å². The largest absolute Gasteiger partial charge is 0.312 e. The van der Waals surface area contributed by atoms with Crippen molar-refractivity contribution in [1.82, 2.24) is 4.90 Å². The van der Waals surface area contributed by atoms with Crippen LogP contribution in [0.25, 0.3) is 0 Å². The SMILES string of the molecule is CC.CC(C)C.CCC.CN(C)C. The maximum atomic E-state index is 2.17. The molecule has 0 spiro atoms. The molecule has 0 aromatic rings. The summed E-state index contributed by atoms with van der Waals surface area (Å²) in [5, 5.41) is 0. The molecule has 0 aliphatic heterocycles. The van der Waals surface area contributed by atoms with Crippen molar-refractivity contribution in [3.05, 3.63) is 0 Å². The first-order valence-electron chi connectivity index (χ1n) is 5.49. The van der Waals surface area contributed by atoms with Gasteiger partial charge in [0, 0.05) is 0 Å². The van der Waals surface area contributed by atoms with E-state index < -0.39 is 0 Å². The van der Waals surface area contributed by atoms with Crippen molar-refractivity contribution >= 4 is 0 Å². The summed E-state index contributed by atoms with van der Waals surface area (Å²) < 4.78 is 0. The molecular formula is C12H33N. The Labute approximate surface area is 87.5 Å². The summed E-state index contributed by atoms with van der Waals surface area (Å²) in [4.78, 5) is 2.00. The Morgan fingerprint density at radius 3 is 0.846 bits per heavy atom. The van der Waals surface area contributed by atoms with Gasteiger partial charge >= 0.3 is 0 Å². The highest BCUT2D eigenvalue weighted by molar-refractivity contribution is 4.20. The van der Waals surface area contributed by atoms with Crippen molar-refractivity contribution in [3.63, 3.8) is 0 Å². The summed E-state index contributed by atoms with van der Waals surface area (Å²) in [5.74, 6) is 0.833. The van der Waals surface area contributed by atoms with E-state index >= 15 is 0 Å². The third-order valence-corrected chi connectivity index (χ3v) is 0. The molecule has 0 aromatic carbocycles. The van der Waals surface area contributed by atoms with Crippen molar-refractivity contribution < 1.29 is 0 Å². The smallest absolute Gasteiger partial charge is 0.0140 e. The molecule has 0 aliphatic carbocycles. The Bertz CT molecular complexity index is 28.9. The van der Waals surface area contributed by atoms with Crippen molar-refractivity contribution in [2.45, 2.75) is 54.9 Å². The zero-order valence-corrected chi connectivity index (χ0v) is 11.7. The zero-order valence-electron chi connectivity index (χ0n) is 11.7. The number of hydrogen-bond acceptors (Lipinski definition) is 1. The normalized spacial score (nSPS) is 7.38. The molecule has 0 saturated carbocycles. The molecule has 1 nitrogen and oxygen atoms in total. The predicted molar refractivity (Wildman–Crippen MR) is 67.4 cm³/mol. The van der Waals surface area contributed by atoms with Gasteiger partial charge in [-0.15, -0.1) is 0 Å². The summed E-state index contributed by atoms with van der Waals surface area (Å²) in [6.07, 6.45) is 1.25. The molecule has 1 heteroatoms. The van der Waals surface area contributed by atoms with Crippen LogP contribution < -0.4 is 0 Å². The molecular weight excluding hydrogens is 158 g/mol. The summed E-state index contributed by atoms with van der Waals surface area (Å²) in [6.45, 7) is 14.7. The molecule has 0 unspecified atom stereocenters. The molecule has 0 atom stereocenters. The Hall–Kier alpha value is -0.0400. The van der Waals surface area contributed by atoms with Gasteiger partial charge in [-0.2, -0.15) is 0 Å². The van der Waals surface area contributed by atoms with Gasteiger partial charge in [-0.1, -0.05) is 54.9 Å². The van der Waals surface area contributed by atoms with Crippen molar-refractivity contribution in [1.29, 1.82) is 0 Å². The highest BCUT2D eigenvalue weighted by atomic mass is 15.0. The lowest BCUT2D eigenvalue weighted by molar-refractivity contribution is 0.505. The van der Waals surface area contributed by atoms with Gasteiger partial charge in [0.2, 0.25) is 0 Å². The molecule has 0 radical (unpaired) electrons. The molecule has 0 aromatic heterocycles. The first kappa shape index (κ1) is 23.1. The fourth-order valence-electron chi connectivity index (χ4n) is 0. The van der Waals surface area contributed by atoms with E-state index in [2.05, 4.69) is 34.6 Å². The highest BCUT2D eigenvalue weighted by Crippen LogP contribution is 1.81. The van der Waals surface area contributed by atoms with Crippen LogP contribution in [0.1, 0.15) is 54.9 Å². The van der Waals surface area contributed by atoms with Gasteiger partial charge in [0.05, 0.1) is 0 Å². The standard InChI is InChI=1S/C4H10.C3H9N.C3H8.C2H6/c2*1-4(2)3;1-3-2;1-2/h4H,1-3H3;1-3H3;3H2,1-2H3;1-2H3. The van der Waals surface area contributed by atoms with Crippen molar-refractivity contribution in [3.8, 4) is 0 Å².